The van der Waals surface area contributed by atoms with Gasteiger partial charge in [0.2, 0.25) is 0 Å². The van der Waals surface area contributed by atoms with Crippen molar-refractivity contribution in [2.75, 3.05) is 0 Å². The van der Waals surface area contributed by atoms with Crippen molar-refractivity contribution in [1.29, 1.82) is 0 Å². The average molecular weight is 185 g/mol. The molecule has 0 amide bonds. The lowest BCUT2D eigenvalue weighted by atomic mass is 9.83. The van der Waals surface area contributed by atoms with Gasteiger partial charge in [0, 0.05) is 0 Å². The molecule has 0 spiro atoms. The van der Waals surface area contributed by atoms with Gasteiger partial charge in [-0.1, -0.05) is 30.3 Å². The van der Waals surface area contributed by atoms with Gasteiger partial charge in [-0.3, -0.25) is 0 Å². The first-order chi connectivity index (χ1) is 6.85. The summed E-state index contributed by atoms with van der Waals surface area (Å²) in [6.45, 7) is -0.0583. The second-order valence-electron chi connectivity index (χ2n) is 3.19. The lowest BCUT2D eigenvalue weighted by molar-refractivity contribution is 0.283. The SMILES string of the molecule is O[B]c1cc2ccccc2cc1CO. The molecule has 2 N–H and O–H groups in total. The molecule has 3 heteroatoms. The van der Waals surface area contributed by atoms with Crippen molar-refractivity contribution < 1.29 is 10.1 Å². The number of benzene rings is 2. The number of rotatable bonds is 2. The second kappa shape index (κ2) is 3.82. The smallest absolute Gasteiger partial charge is 0.327 e. The van der Waals surface area contributed by atoms with Crippen LogP contribution in [-0.2, 0) is 6.61 Å². The third-order valence-corrected chi connectivity index (χ3v) is 2.32. The Kier molecular flexibility index (Phi) is 2.52. The van der Waals surface area contributed by atoms with E-state index in [-0.39, 0.29) is 6.61 Å². The predicted octanol–water partition coefficient (Wildman–Crippen LogP) is 0.569. The molecule has 0 aromatic heterocycles. The molecule has 0 saturated heterocycles. The number of aliphatic hydroxyl groups is 1. The van der Waals surface area contributed by atoms with Gasteiger partial charge in [-0.25, -0.2) is 0 Å². The molecule has 2 rings (SSSR count). The summed E-state index contributed by atoms with van der Waals surface area (Å²) in [5, 5.41) is 20.2. The summed E-state index contributed by atoms with van der Waals surface area (Å²) in [6, 6.07) is 11.6. The quantitative estimate of drug-likeness (QED) is 0.671. The summed E-state index contributed by atoms with van der Waals surface area (Å²) < 4.78 is 0. The molecule has 0 aliphatic rings. The van der Waals surface area contributed by atoms with Crippen LogP contribution < -0.4 is 5.46 Å². The fourth-order valence-corrected chi connectivity index (χ4v) is 1.56. The van der Waals surface area contributed by atoms with Gasteiger partial charge in [-0.15, -0.1) is 0 Å². The highest BCUT2D eigenvalue weighted by molar-refractivity contribution is 6.46. The Morgan fingerprint density at radius 2 is 1.71 bits per heavy atom. The molecule has 69 valence electrons. The Bertz CT molecular complexity index is 411. The third-order valence-electron chi connectivity index (χ3n) is 2.32. The van der Waals surface area contributed by atoms with Crippen LogP contribution in [0, 0.1) is 0 Å². The van der Waals surface area contributed by atoms with Crippen molar-refractivity contribution in [1.82, 2.24) is 0 Å². The highest BCUT2D eigenvalue weighted by Gasteiger charge is 2.03. The summed E-state index contributed by atoms with van der Waals surface area (Å²) in [6.07, 6.45) is 0. The maximum absolute atomic E-state index is 9.08. The fourth-order valence-electron chi connectivity index (χ4n) is 1.56. The lowest BCUT2D eigenvalue weighted by Crippen LogP contribution is -2.18. The fraction of sp³-hybridized carbons (Fsp3) is 0.0909. The van der Waals surface area contributed by atoms with E-state index in [9.17, 15) is 0 Å². The van der Waals surface area contributed by atoms with Crippen molar-refractivity contribution >= 4 is 23.7 Å². The first-order valence-electron chi connectivity index (χ1n) is 4.45. The molecule has 0 fully saturated rings. The average Bonchev–Trinajstić information content (AvgIpc) is 2.27. The van der Waals surface area contributed by atoms with E-state index in [0.29, 0.717) is 5.46 Å². The van der Waals surface area contributed by atoms with Crippen molar-refractivity contribution in [3.05, 3.63) is 42.0 Å². The minimum atomic E-state index is -0.0583. The second-order valence-corrected chi connectivity index (χ2v) is 3.19. The summed E-state index contributed by atoms with van der Waals surface area (Å²) in [5.74, 6) is 0. The van der Waals surface area contributed by atoms with Crippen LogP contribution in [0.3, 0.4) is 0 Å². The van der Waals surface area contributed by atoms with Crippen LogP contribution in [0.4, 0.5) is 0 Å². The molecule has 14 heavy (non-hydrogen) atoms. The molecule has 2 aromatic rings. The van der Waals surface area contributed by atoms with E-state index in [1.807, 2.05) is 36.4 Å². The molecule has 2 nitrogen and oxygen atoms in total. The molecule has 1 radical (unpaired) electrons. The molecular weight excluding hydrogens is 175 g/mol. The standard InChI is InChI=1S/C11H10BO2/c13-7-10-5-8-3-1-2-4-9(8)6-11(10)12-14/h1-6,13-14H,7H2. The topological polar surface area (TPSA) is 40.5 Å². The zero-order chi connectivity index (χ0) is 9.97. The lowest BCUT2D eigenvalue weighted by Gasteiger charge is -2.06. The molecule has 0 saturated carbocycles. The highest BCUT2D eigenvalue weighted by atomic mass is 16.3. The summed E-state index contributed by atoms with van der Waals surface area (Å²) >= 11 is 0. The Labute approximate surface area is 83.1 Å². The van der Waals surface area contributed by atoms with E-state index in [1.54, 1.807) is 0 Å². The molecular formula is C11H10BO2. The molecule has 0 atom stereocenters. The van der Waals surface area contributed by atoms with Crippen LogP contribution in [0.25, 0.3) is 10.8 Å². The molecule has 0 aliphatic heterocycles. The minimum Gasteiger partial charge on any atom is -0.450 e. The Morgan fingerprint density at radius 3 is 2.29 bits per heavy atom. The Balaban J connectivity index is 2.69. The maximum Gasteiger partial charge on any atom is 0.327 e. The van der Waals surface area contributed by atoms with Gasteiger partial charge < -0.3 is 10.1 Å². The van der Waals surface area contributed by atoms with Crippen molar-refractivity contribution in [2.24, 2.45) is 0 Å². The van der Waals surface area contributed by atoms with Gasteiger partial charge in [0.1, 0.15) is 0 Å². The number of fused-ring (bicyclic) bond motifs is 1. The van der Waals surface area contributed by atoms with Gasteiger partial charge in [0.05, 0.1) is 6.61 Å². The number of hydrogen-bond acceptors (Lipinski definition) is 2. The van der Waals surface area contributed by atoms with Gasteiger partial charge in [-0.05, 0) is 27.9 Å². The van der Waals surface area contributed by atoms with Gasteiger partial charge >= 0.3 is 7.48 Å². The van der Waals surface area contributed by atoms with Crippen molar-refractivity contribution in [2.45, 2.75) is 6.61 Å². The van der Waals surface area contributed by atoms with E-state index in [0.717, 1.165) is 23.8 Å². The first kappa shape index (κ1) is 9.25. The Hall–Kier alpha value is -1.32. The molecule has 0 bridgehead atoms. The molecule has 0 unspecified atom stereocenters. The monoisotopic (exact) mass is 185 g/mol. The van der Waals surface area contributed by atoms with Crippen LogP contribution >= 0.6 is 0 Å². The van der Waals surface area contributed by atoms with E-state index in [1.165, 1.54) is 0 Å². The van der Waals surface area contributed by atoms with Crippen LogP contribution in [0.2, 0.25) is 0 Å². The third kappa shape index (κ3) is 1.52. The largest absolute Gasteiger partial charge is 0.450 e. The van der Waals surface area contributed by atoms with Crippen LogP contribution in [-0.4, -0.2) is 17.6 Å². The zero-order valence-corrected chi connectivity index (χ0v) is 7.64. The highest BCUT2D eigenvalue weighted by Crippen LogP contribution is 2.13. The van der Waals surface area contributed by atoms with E-state index >= 15 is 0 Å². The normalized spacial score (nSPS) is 10.4. The van der Waals surface area contributed by atoms with Crippen LogP contribution in [0.15, 0.2) is 36.4 Å². The van der Waals surface area contributed by atoms with E-state index in [4.69, 9.17) is 10.1 Å². The van der Waals surface area contributed by atoms with Gasteiger partial charge in [0.25, 0.3) is 0 Å². The summed E-state index contributed by atoms with van der Waals surface area (Å²) in [7, 11) is 1.03. The van der Waals surface area contributed by atoms with Gasteiger partial charge in [-0.2, -0.15) is 0 Å². The summed E-state index contributed by atoms with van der Waals surface area (Å²) in [4.78, 5) is 0. The molecule has 0 aliphatic carbocycles. The van der Waals surface area contributed by atoms with E-state index < -0.39 is 0 Å². The van der Waals surface area contributed by atoms with E-state index in [2.05, 4.69) is 0 Å². The van der Waals surface area contributed by atoms with Gasteiger partial charge in [0.15, 0.2) is 0 Å². The van der Waals surface area contributed by atoms with Crippen molar-refractivity contribution in [3.8, 4) is 0 Å². The van der Waals surface area contributed by atoms with Crippen LogP contribution in [0.5, 0.6) is 0 Å². The number of hydrogen-bond donors (Lipinski definition) is 2. The van der Waals surface area contributed by atoms with Crippen LogP contribution in [0.1, 0.15) is 5.56 Å². The zero-order valence-electron chi connectivity index (χ0n) is 7.64. The Morgan fingerprint density at radius 1 is 1.07 bits per heavy atom. The minimum absolute atomic E-state index is 0.0583. The summed E-state index contributed by atoms with van der Waals surface area (Å²) in [5.41, 5.74) is 1.41. The first-order valence-corrected chi connectivity index (χ1v) is 4.45. The maximum atomic E-state index is 9.08. The number of aliphatic hydroxyl groups excluding tert-OH is 1. The predicted molar refractivity (Wildman–Crippen MR) is 57.5 cm³/mol. The molecule has 2 aromatic carbocycles. The van der Waals surface area contributed by atoms with Crippen molar-refractivity contribution in [3.63, 3.8) is 0 Å². The molecule has 0 heterocycles.